The molecule has 0 saturated carbocycles. The van der Waals surface area contributed by atoms with E-state index >= 15 is 0 Å². The normalized spacial score (nSPS) is 16.5. The summed E-state index contributed by atoms with van der Waals surface area (Å²) in [6.07, 6.45) is 22.5. The van der Waals surface area contributed by atoms with Crippen LogP contribution >= 0.6 is 0 Å². The molecule has 0 aromatic heterocycles. The number of hydrogen-bond donors (Lipinski definition) is 0. The molecule has 0 amide bonds. The van der Waals surface area contributed by atoms with E-state index in [1.54, 1.807) is 0 Å². The number of esters is 2. The number of Topliss-reactive ketones (excluding diaryl/α,β-unsaturated/α-hetero) is 1. The molecule has 1 atom stereocenters. The molecule has 0 bridgehead atoms. The SMILES string of the molecule is CCCCCCCCCCCCCCCCCCCC(=O)C1CC(=O)OC1=O. The van der Waals surface area contributed by atoms with Gasteiger partial charge in [-0.05, 0) is 6.42 Å². The van der Waals surface area contributed by atoms with Gasteiger partial charge in [-0.15, -0.1) is 0 Å². The minimum absolute atomic E-state index is 0.0589. The van der Waals surface area contributed by atoms with Crippen molar-refractivity contribution < 1.29 is 19.1 Å². The molecule has 0 spiro atoms. The van der Waals surface area contributed by atoms with Crippen LogP contribution in [0.4, 0.5) is 0 Å². The highest BCUT2D eigenvalue weighted by Crippen LogP contribution is 2.20. The Hall–Kier alpha value is -1.19. The molecule has 4 nitrogen and oxygen atoms in total. The first-order valence-electron chi connectivity index (χ1n) is 11.9. The molecule has 0 aliphatic carbocycles. The highest BCUT2D eigenvalue weighted by Gasteiger charge is 2.38. The maximum absolute atomic E-state index is 11.9. The topological polar surface area (TPSA) is 60.4 Å². The quantitative estimate of drug-likeness (QED) is 0.139. The number of ketones is 1. The molecular weight excluding hydrogens is 352 g/mol. The van der Waals surface area contributed by atoms with Gasteiger partial charge in [0, 0.05) is 6.42 Å². The average molecular weight is 395 g/mol. The molecule has 1 unspecified atom stereocenters. The van der Waals surface area contributed by atoms with Crippen molar-refractivity contribution in [3.05, 3.63) is 0 Å². The van der Waals surface area contributed by atoms with Crippen LogP contribution in [0.3, 0.4) is 0 Å². The van der Waals surface area contributed by atoms with Crippen molar-refractivity contribution in [2.75, 3.05) is 0 Å². The number of ether oxygens (including phenoxy) is 1. The summed E-state index contributed by atoms with van der Waals surface area (Å²) >= 11 is 0. The van der Waals surface area contributed by atoms with Gasteiger partial charge in [0.25, 0.3) is 0 Å². The Labute approximate surface area is 172 Å². The van der Waals surface area contributed by atoms with Gasteiger partial charge in [0.2, 0.25) is 0 Å². The third-order valence-corrected chi connectivity index (χ3v) is 5.79. The zero-order valence-corrected chi connectivity index (χ0v) is 18.1. The summed E-state index contributed by atoms with van der Waals surface area (Å²) in [6.45, 7) is 2.27. The summed E-state index contributed by atoms with van der Waals surface area (Å²) in [6, 6.07) is 0. The molecule has 1 fully saturated rings. The van der Waals surface area contributed by atoms with Crippen molar-refractivity contribution in [2.24, 2.45) is 5.92 Å². The van der Waals surface area contributed by atoms with E-state index in [4.69, 9.17) is 0 Å². The molecular formula is C24H42O4. The number of rotatable bonds is 19. The summed E-state index contributed by atoms with van der Waals surface area (Å²) in [5.74, 6) is -2.17. The first-order chi connectivity index (χ1) is 13.6. The number of carbonyl (C=O) groups is 3. The number of cyclic esters (lactones) is 2. The van der Waals surface area contributed by atoms with E-state index in [0.29, 0.717) is 6.42 Å². The van der Waals surface area contributed by atoms with Gasteiger partial charge < -0.3 is 4.74 Å². The van der Waals surface area contributed by atoms with Crippen LogP contribution in [0.2, 0.25) is 0 Å². The molecule has 1 heterocycles. The molecule has 0 aromatic carbocycles. The Morgan fingerprint density at radius 1 is 0.714 bits per heavy atom. The van der Waals surface area contributed by atoms with Gasteiger partial charge in [0.15, 0.2) is 0 Å². The van der Waals surface area contributed by atoms with E-state index in [1.807, 2.05) is 0 Å². The second-order valence-electron chi connectivity index (χ2n) is 8.42. The largest absolute Gasteiger partial charge is 0.393 e. The highest BCUT2D eigenvalue weighted by molar-refractivity contribution is 6.08. The Balaban J connectivity index is 1.77. The Morgan fingerprint density at radius 3 is 1.46 bits per heavy atom. The lowest BCUT2D eigenvalue weighted by Crippen LogP contribution is -2.18. The second-order valence-corrected chi connectivity index (χ2v) is 8.42. The van der Waals surface area contributed by atoms with Gasteiger partial charge in [-0.25, -0.2) is 0 Å². The summed E-state index contributed by atoms with van der Waals surface area (Å²) in [5.41, 5.74) is 0. The second kappa shape index (κ2) is 16.7. The van der Waals surface area contributed by atoms with Crippen molar-refractivity contribution in [3.8, 4) is 0 Å². The molecule has 0 N–H and O–H groups in total. The molecule has 0 aromatic rings. The molecule has 1 aliphatic rings. The van der Waals surface area contributed by atoms with Crippen LogP contribution in [0.25, 0.3) is 0 Å². The van der Waals surface area contributed by atoms with E-state index in [-0.39, 0.29) is 12.2 Å². The van der Waals surface area contributed by atoms with Crippen LogP contribution in [-0.2, 0) is 19.1 Å². The van der Waals surface area contributed by atoms with Gasteiger partial charge in [0.05, 0.1) is 6.42 Å². The van der Waals surface area contributed by atoms with Gasteiger partial charge in [-0.3, -0.25) is 14.4 Å². The van der Waals surface area contributed by atoms with Crippen molar-refractivity contribution in [1.82, 2.24) is 0 Å². The van der Waals surface area contributed by atoms with Crippen LogP contribution in [0, 0.1) is 5.92 Å². The molecule has 28 heavy (non-hydrogen) atoms. The van der Waals surface area contributed by atoms with E-state index in [1.165, 1.54) is 89.9 Å². The lowest BCUT2D eigenvalue weighted by atomic mass is 9.97. The molecule has 1 rings (SSSR count). The van der Waals surface area contributed by atoms with Crippen LogP contribution in [0.5, 0.6) is 0 Å². The fraction of sp³-hybridized carbons (Fsp3) is 0.875. The predicted octanol–water partition coefficient (Wildman–Crippen LogP) is 6.69. The minimum Gasteiger partial charge on any atom is -0.393 e. The van der Waals surface area contributed by atoms with Crippen molar-refractivity contribution in [3.63, 3.8) is 0 Å². The fourth-order valence-corrected chi connectivity index (χ4v) is 3.92. The monoisotopic (exact) mass is 394 g/mol. The van der Waals surface area contributed by atoms with Gasteiger partial charge in [-0.1, -0.05) is 110 Å². The third kappa shape index (κ3) is 12.3. The van der Waals surface area contributed by atoms with Crippen LogP contribution in [0.1, 0.15) is 129 Å². The van der Waals surface area contributed by atoms with Crippen LogP contribution in [0.15, 0.2) is 0 Å². The zero-order valence-electron chi connectivity index (χ0n) is 18.1. The average Bonchev–Trinajstić information content (AvgIpc) is 3.02. The zero-order chi connectivity index (χ0) is 20.5. The summed E-state index contributed by atoms with van der Waals surface area (Å²) in [4.78, 5) is 34.3. The van der Waals surface area contributed by atoms with Crippen LogP contribution in [-0.4, -0.2) is 17.7 Å². The van der Waals surface area contributed by atoms with Crippen molar-refractivity contribution in [1.29, 1.82) is 0 Å². The fourth-order valence-electron chi connectivity index (χ4n) is 3.92. The summed E-state index contributed by atoms with van der Waals surface area (Å²) in [5, 5.41) is 0. The molecule has 1 aliphatic heterocycles. The number of unbranched alkanes of at least 4 members (excludes halogenated alkanes) is 16. The van der Waals surface area contributed by atoms with E-state index in [2.05, 4.69) is 11.7 Å². The predicted molar refractivity (Wildman–Crippen MR) is 113 cm³/mol. The smallest absolute Gasteiger partial charge is 0.324 e. The molecule has 0 radical (unpaired) electrons. The van der Waals surface area contributed by atoms with E-state index in [9.17, 15) is 14.4 Å². The van der Waals surface area contributed by atoms with Crippen LogP contribution < -0.4 is 0 Å². The van der Waals surface area contributed by atoms with Gasteiger partial charge in [-0.2, -0.15) is 0 Å². The Morgan fingerprint density at radius 2 is 1.11 bits per heavy atom. The lowest BCUT2D eigenvalue weighted by molar-refractivity contribution is -0.153. The van der Waals surface area contributed by atoms with E-state index < -0.39 is 17.9 Å². The standard InChI is InChI=1S/C24H42O4/c1-2-3-4-5-6-7-8-9-10-11-12-13-14-15-16-17-18-19-22(25)21-20-23(26)28-24(21)27/h21H,2-20H2,1H3. The molecule has 1 saturated heterocycles. The molecule has 162 valence electrons. The molecule has 4 heteroatoms. The van der Waals surface area contributed by atoms with E-state index in [0.717, 1.165) is 19.3 Å². The highest BCUT2D eigenvalue weighted by atomic mass is 16.6. The first-order valence-corrected chi connectivity index (χ1v) is 11.9. The summed E-state index contributed by atoms with van der Waals surface area (Å²) < 4.78 is 4.43. The minimum atomic E-state index is -0.825. The lowest BCUT2D eigenvalue weighted by Gasteiger charge is -2.05. The maximum atomic E-state index is 11.9. The van der Waals surface area contributed by atoms with Gasteiger partial charge >= 0.3 is 11.9 Å². The Kier molecular flexibility index (Phi) is 14.9. The van der Waals surface area contributed by atoms with Crippen molar-refractivity contribution in [2.45, 2.75) is 129 Å². The van der Waals surface area contributed by atoms with Crippen molar-refractivity contribution >= 4 is 17.7 Å². The Bertz CT molecular complexity index is 444. The maximum Gasteiger partial charge on any atom is 0.324 e. The summed E-state index contributed by atoms with van der Waals surface area (Å²) in [7, 11) is 0. The third-order valence-electron chi connectivity index (χ3n) is 5.79. The number of hydrogen-bond acceptors (Lipinski definition) is 4. The first kappa shape index (κ1) is 24.8. The van der Waals surface area contributed by atoms with Gasteiger partial charge in [0.1, 0.15) is 11.7 Å². The number of carbonyl (C=O) groups excluding carboxylic acids is 3.